The summed E-state index contributed by atoms with van der Waals surface area (Å²) in [6.45, 7) is 0. The van der Waals surface area contributed by atoms with Crippen LogP contribution in [0.25, 0.3) is 0 Å². The Morgan fingerprint density at radius 3 is 2.00 bits per heavy atom. The van der Waals surface area contributed by atoms with Crippen LogP contribution in [0.5, 0.6) is 0 Å². The van der Waals surface area contributed by atoms with Gasteiger partial charge in [0.15, 0.2) is 0 Å². The fourth-order valence-corrected chi connectivity index (χ4v) is 0. The molecule has 0 rings (SSSR count). The van der Waals surface area contributed by atoms with Gasteiger partial charge in [0.25, 0.3) is 5.85 Å². The van der Waals surface area contributed by atoms with Crippen LogP contribution in [-0.2, 0) is 4.57 Å². The summed E-state index contributed by atoms with van der Waals surface area (Å²) in [7, 11) is 5.33. The van der Waals surface area contributed by atoms with Gasteiger partial charge in [0.1, 0.15) is 0 Å². The minimum absolute atomic E-state index is 0.453. The summed E-state index contributed by atoms with van der Waals surface area (Å²) in [5.74, 6) is -2.99. The van der Waals surface area contributed by atoms with Crippen molar-refractivity contribution in [2.45, 2.75) is 0 Å². The Morgan fingerprint density at radius 2 is 2.00 bits per heavy atom. The first-order valence-electron chi connectivity index (χ1n) is 0.947. The summed E-state index contributed by atoms with van der Waals surface area (Å²) in [6, 6.07) is 0. The van der Waals surface area contributed by atoms with Crippen LogP contribution in [0.15, 0.2) is 0 Å². The van der Waals surface area contributed by atoms with Gasteiger partial charge in [-0.3, -0.25) is 10.1 Å². The number of rotatable bonds is 1. The van der Waals surface area contributed by atoms with E-state index in [9.17, 15) is 4.57 Å². The van der Waals surface area contributed by atoms with Crippen molar-refractivity contribution in [3.63, 3.8) is 0 Å². The monoisotopic (exact) mass is 165 g/mol. The Balaban J connectivity index is 3.48. The van der Waals surface area contributed by atoms with Gasteiger partial charge in [0.05, 0.1) is 0 Å². The van der Waals surface area contributed by atoms with E-state index in [-0.39, 0.29) is 0 Å². The average Bonchev–Trinajstić information content (AvgIpc) is 1.35. The number of hydrogen-bond donors (Lipinski definition) is 1. The van der Waals surface area contributed by atoms with E-state index in [0.29, 0.717) is 10.6 Å². The van der Waals surface area contributed by atoms with Gasteiger partial charge >= 0.3 is 0 Å². The van der Waals surface area contributed by atoms with E-state index in [4.69, 9.17) is 21.9 Å². The molecular formula is H2Cl2NOPS. The van der Waals surface area contributed by atoms with Crippen LogP contribution in [0.2, 0.25) is 0 Å². The van der Waals surface area contributed by atoms with Crippen molar-refractivity contribution in [2.24, 2.45) is 5.50 Å². The Bertz CT molecular complexity index is 77.6. The molecule has 6 heteroatoms. The maximum atomic E-state index is 9.96. The summed E-state index contributed by atoms with van der Waals surface area (Å²) in [4.78, 5) is 0. The minimum Gasteiger partial charge on any atom is -0.276 e. The fraction of sp³-hybridized carbons (Fsp3) is 0. The van der Waals surface area contributed by atoms with E-state index in [1.165, 1.54) is 0 Å². The second-order valence-corrected chi connectivity index (χ2v) is 7.16. The zero-order chi connectivity index (χ0) is 5.21. The van der Waals surface area contributed by atoms with Crippen LogP contribution in [0.3, 0.4) is 0 Å². The van der Waals surface area contributed by atoms with Gasteiger partial charge in [-0.1, -0.05) is 0 Å². The van der Waals surface area contributed by atoms with Crippen molar-refractivity contribution in [3.8, 4) is 0 Å². The number of hydrogen-bond acceptors (Lipinski definition) is 2. The summed E-state index contributed by atoms with van der Waals surface area (Å²) in [6.07, 6.45) is 0. The highest BCUT2D eigenvalue weighted by Gasteiger charge is 2.07. The molecule has 0 aliphatic carbocycles. The van der Waals surface area contributed by atoms with Crippen LogP contribution in [0.4, 0.5) is 0 Å². The highest BCUT2D eigenvalue weighted by atomic mass is 35.8. The Morgan fingerprint density at radius 1 is 1.83 bits per heavy atom. The molecule has 0 fully saturated rings. The van der Waals surface area contributed by atoms with Crippen LogP contribution in [-0.4, -0.2) is 0 Å². The predicted octanol–water partition coefficient (Wildman–Crippen LogP) is 2.18. The van der Waals surface area contributed by atoms with E-state index < -0.39 is 5.85 Å². The van der Waals surface area contributed by atoms with Gasteiger partial charge in [0, 0.05) is 10.6 Å². The lowest BCUT2D eigenvalue weighted by molar-refractivity contribution is 0.594. The fourth-order valence-electron chi connectivity index (χ4n) is 0. The standard InChI is InChI=1S/Cl2H2NOPS/c1-5(3,4)6-2/h(H2,3,4). The molecule has 0 aromatic rings. The molecular weight excluding hydrogens is 164 g/mol. The lowest BCUT2D eigenvalue weighted by Gasteiger charge is -1.88. The van der Waals surface area contributed by atoms with E-state index in [1.54, 1.807) is 0 Å². The van der Waals surface area contributed by atoms with Gasteiger partial charge in [-0.2, -0.15) is 0 Å². The first-order chi connectivity index (χ1) is 2.56. The van der Waals surface area contributed by atoms with Crippen LogP contribution < -0.4 is 5.50 Å². The lowest BCUT2D eigenvalue weighted by Crippen LogP contribution is -1.74. The van der Waals surface area contributed by atoms with E-state index >= 15 is 0 Å². The smallest absolute Gasteiger partial charge is 0.276 e. The molecule has 0 aliphatic rings. The molecule has 0 amide bonds. The molecule has 0 aromatic carbocycles. The van der Waals surface area contributed by atoms with E-state index in [0.717, 1.165) is 0 Å². The second kappa shape index (κ2) is 2.43. The zero-order valence-corrected chi connectivity index (χ0v) is 5.82. The first kappa shape index (κ1) is 7.12. The lowest BCUT2D eigenvalue weighted by atomic mass is 13.9. The third-order valence-corrected chi connectivity index (χ3v) is 3.95. The Hall–Kier alpha value is 1.12. The maximum absolute atomic E-state index is 9.96. The van der Waals surface area contributed by atoms with Gasteiger partial charge in [-0.15, -0.1) is 0 Å². The number of halogens is 2. The van der Waals surface area contributed by atoms with Gasteiger partial charge < -0.3 is 0 Å². The highest BCUT2D eigenvalue weighted by molar-refractivity contribution is 8.74. The molecule has 0 aliphatic heterocycles. The summed E-state index contributed by atoms with van der Waals surface area (Å²) in [5.41, 5.74) is 4.69. The van der Waals surface area contributed by atoms with Crippen molar-refractivity contribution in [1.82, 2.24) is 0 Å². The predicted molar refractivity (Wildman–Crippen MR) is 31.1 cm³/mol. The molecule has 2 nitrogen and oxygen atoms in total. The van der Waals surface area contributed by atoms with Gasteiger partial charge in [-0.25, -0.2) is 0 Å². The molecule has 0 heterocycles. The SMILES string of the molecule is NP(=O)(Cl)SCl. The third kappa shape index (κ3) is 5.12. The summed E-state index contributed by atoms with van der Waals surface area (Å²) in [5, 5.41) is 0. The highest BCUT2D eigenvalue weighted by Crippen LogP contribution is 2.58. The van der Waals surface area contributed by atoms with Crippen molar-refractivity contribution < 1.29 is 4.57 Å². The molecule has 38 valence electrons. The van der Waals surface area contributed by atoms with Crippen LogP contribution >= 0.6 is 38.4 Å². The third-order valence-electron chi connectivity index (χ3n) is 0.0941. The molecule has 0 saturated heterocycles. The molecule has 1 atom stereocenters. The Kier molecular flexibility index (Phi) is 2.89. The molecule has 0 spiro atoms. The molecule has 2 N–H and O–H groups in total. The average molecular weight is 166 g/mol. The zero-order valence-electron chi connectivity index (χ0n) is 2.60. The van der Waals surface area contributed by atoms with Gasteiger partial charge in [-0.05, 0) is 21.9 Å². The molecule has 1 unspecified atom stereocenters. The largest absolute Gasteiger partial charge is 0.299 e. The van der Waals surface area contributed by atoms with Crippen LogP contribution in [0.1, 0.15) is 0 Å². The first-order valence-corrected chi connectivity index (χ1v) is 5.88. The molecule has 0 saturated carbocycles. The second-order valence-electron chi connectivity index (χ2n) is 0.590. The molecule has 0 aromatic heterocycles. The van der Waals surface area contributed by atoms with Gasteiger partial charge in [0.2, 0.25) is 0 Å². The quantitative estimate of drug-likeness (QED) is 0.607. The normalized spacial score (nSPS) is 19.8. The minimum atomic E-state index is -2.99. The summed E-state index contributed by atoms with van der Waals surface area (Å²) < 4.78 is 9.96. The molecule has 0 bridgehead atoms. The van der Waals surface area contributed by atoms with Crippen molar-refractivity contribution in [3.05, 3.63) is 0 Å². The maximum Gasteiger partial charge on any atom is 0.299 e. The van der Waals surface area contributed by atoms with Crippen molar-refractivity contribution in [1.29, 1.82) is 0 Å². The number of nitrogens with two attached hydrogens (primary N) is 1. The Labute approximate surface area is 48.8 Å². The van der Waals surface area contributed by atoms with Crippen molar-refractivity contribution >= 4 is 38.4 Å². The molecule has 6 heavy (non-hydrogen) atoms. The summed E-state index contributed by atoms with van der Waals surface area (Å²) >= 11 is 4.88. The van der Waals surface area contributed by atoms with E-state index in [1.807, 2.05) is 0 Å². The molecule has 0 radical (unpaired) electrons. The van der Waals surface area contributed by atoms with Crippen molar-refractivity contribution in [2.75, 3.05) is 0 Å². The topological polar surface area (TPSA) is 43.1 Å². The van der Waals surface area contributed by atoms with Crippen LogP contribution in [0, 0.1) is 0 Å². The van der Waals surface area contributed by atoms with E-state index in [2.05, 4.69) is 5.50 Å².